The Hall–Kier alpha value is -1.59. The third kappa shape index (κ3) is 3.95. The quantitative estimate of drug-likeness (QED) is 0.914. The number of amides is 1. The summed E-state index contributed by atoms with van der Waals surface area (Å²) < 4.78 is 0. The molecule has 1 atom stereocenters. The fraction of sp³-hybridized carbons (Fsp3) is 0.429. The topological polar surface area (TPSA) is 60.9 Å². The molecule has 0 spiro atoms. The molecule has 1 aromatic rings. The number of carbonyl (C=O) groups is 2. The van der Waals surface area contributed by atoms with E-state index in [2.05, 4.69) is 0 Å². The first kappa shape index (κ1) is 16.5. The first-order valence-electron chi connectivity index (χ1n) is 6.34. The van der Waals surface area contributed by atoms with Gasteiger partial charge in [0, 0.05) is 19.3 Å². The summed E-state index contributed by atoms with van der Waals surface area (Å²) in [5.41, 5.74) is 0.849. The van der Waals surface area contributed by atoms with E-state index in [0.29, 0.717) is 19.5 Å². The van der Waals surface area contributed by atoms with E-state index in [4.69, 9.17) is 5.11 Å². The molecular weight excluding hydrogens is 280 g/mol. The molecule has 110 valence electrons. The van der Waals surface area contributed by atoms with Crippen molar-refractivity contribution in [3.63, 3.8) is 0 Å². The van der Waals surface area contributed by atoms with Crippen molar-refractivity contribution in [3.8, 4) is 0 Å². The molecule has 0 aromatic heterocycles. The number of likely N-dealkylation sites (tertiary alicyclic amines) is 1. The standard InChI is InChI=1S/C14H18N2O3.ClH/c1-15(12-5-3-2-4-6-12)13(17)10-16-8-7-11(9-16)14(18)19;/h2-6,11H,7-10H2,1H3,(H,18,19);1H. The van der Waals surface area contributed by atoms with Gasteiger partial charge in [-0.25, -0.2) is 0 Å². The Labute approximate surface area is 124 Å². The number of carboxylic acids is 1. The maximum Gasteiger partial charge on any atom is 0.307 e. The molecule has 2 rings (SSSR count). The maximum atomic E-state index is 12.1. The summed E-state index contributed by atoms with van der Waals surface area (Å²) in [6.45, 7) is 1.41. The lowest BCUT2D eigenvalue weighted by Crippen LogP contribution is -2.37. The van der Waals surface area contributed by atoms with Crippen LogP contribution < -0.4 is 4.90 Å². The minimum atomic E-state index is -0.772. The summed E-state index contributed by atoms with van der Waals surface area (Å²) in [7, 11) is 1.74. The van der Waals surface area contributed by atoms with E-state index in [9.17, 15) is 9.59 Å². The van der Waals surface area contributed by atoms with Crippen molar-refractivity contribution < 1.29 is 14.7 Å². The maximum absolute atomic E-state index is 12.1. The average Bonchev–Trinajstić information content (AvgIpc) is 2.87. The Kier molecular flexibility index (Phi) is 5.98. The fourth-order valence-corrected chi connectivity index (χ4v) is 2.27. The molecule has 1 fully saturated rings. The Balaban J connectivity index is 0.00000200. The number of nitrogens with zero attached hydrogens (tertiary/aromatic N) is 2. The number of halogens is 1. The molecule has 6 heteroatoms. The van der Waals surface area contributed by atoms with Crippen molar-refractivity contribution >= 4 is 30.0 Å². The molecule has 1 aromatic carbocycles. The van der Waals surface area contributed by atoms with E-state index in [1.54, 1.807) is 11.9 Å². The van der Waals surface area contributed by atoms with Gasteiger partial charge in [-0.3, -0.25) is 14.5 Å². The number of carbonyl (C=O) groups excluding carboxylic acids is 1. The zero-order valence-corrected chi connectivity index (χ0v) is 12.2. The van der Waals surface area contributed by atoms with Crippen LogP contribution in [-0.2, 0) is 9.59 Å². The van der Waals surface area contributed by atoms with Gasteiger partial charge in [0.05, 0.1) is 12.5 Å². The Morgan fingerprint density at radius 2 is 2.00 bits per heavy atom. The second-order valence-corrected chi connectivity index (χ2v) is 4.85. The molecule has 1 saturated heterocycles. The summed E-state index contributed by atoms with van der Waals surface area (Å²) in [5, 5.41) is 8.93. The van der Waals surface area contributed by atoms with E-state index in [1.165, 1.54) is 0 Å². The van der Waals surface area contributed by atoms with Crippen LogP contribution >= 0.6 is 12.4 Å². The summed E-state index contributed by atoms with van der Waals surface area (Å²) in [6, 6.07) is 9.43. The van der Waals surface area contributed by atoms with Gasteiger partial charge in [0.1, 0.15) is 0 Å². The summed E-state index contributed by atoms with van der Waals surface area (Å²) >= 11 is 0. The number of hydrogen-bond acceptors (Lipinski definition) is 3. The summed E-state index contributed by atoms with van der Waals surface area (Å²) in [6.07, 6.45) is 0.623. The van der Waals surface area contributed by atoms with Crippen molar-refractivity contribution in [2.45, 2.75) is 6.42 Å². The largest absolute Gasteiger partial charge is 0.481 e. The van der Waals surface area contributed by atoms with Crippen LogP contribution in [0.5, 0.6) is 0 Å². The molecule has 1 aliphatic rings. The lowest BCUT2D eigenvalue weighted by molar-refractivity contribution is -0.141. The van der Waals surface area contributed by atoms with Crippen LogP contribution in [0.2, 0.25) is 0 Å². The second kappa shape index (κ2) is 7.26. The van der Waals surface area contributed by atoms with Crippen LogP contribution in [0.3, 0.4) is 0 Å². The van der Waals surface area contributed by atoms with Crippen LogP contribution in [0.4, 0.5) is 5.69 Å². The van der Waals surface area contributed by atoms with Crippen LogP contribution in [0.1, 0.15) is 6.42 Å². The second-order valence-electron chi connectivity index (χ2n) is 4.85. The zero-order chi connectivity index (χ0) is 13.8. The van der Waals surface area contributed by atoms with E-state index in [-0.39, 0.29) is 30.8 Å². The highest BCUT2D eigenvalue weighted by Crippen LogP contribution is 2.17. The number of aliphatic carboxylic acids is 1. The highest BCUT2D eigenvalue weighted by Gasteiger charge is 2.29. The molecule has 1 unspecified atom stereocenters. The third-order valence-electron chi connectivity index (χ3n) is 3.50. The van der Waals surface area contributed by atoms with Crippen molar-refractivity contribution in [2.24, 2.45) is 5.92 Å². The van der Waals surface area contributed by atoms with Gasteiger partial charge < -0.3 is 10.0 Å². The van der Waals surface area contributed by atoms with Crippen LogP contribution in [0.25, 0.3) is 0 Å². The van der Waals surface area contributed by atoms with Crippen molar-refractivity contribution in [1.29, 1.82) is 0 Å². The highest BCUT2D eigenvalue weighted by atomic mass is 35.5. The molecule has 1 amide bonds. The number of anilines is 1. The van der Waals surface area contributed by atoms with Gasteiger partial charge in [0.15, 0.2) is 0 Å². The van der Waals surface area contributed by atoms with Gasteiger partial charge in [-0.1, -0.05) is 18.2 Å². The molecule has 0 radical (unpaired) electrons. The number of benzene rings is 1. The van der Waals surface area contributed by atoms with Gasteiger partial charge >= 0.3 is 5.97 Å². The lowest BCUT2D eigenvalue weighted by atomic mass is 10.1. The number of carboxylic acid groups (broad SMARTS) is 1. The fourth-order valence-electron chi connectivity index (χ4n) is 2.27. The average molecular weight is 299 g/mol. The smallest absolute Gasteiger partial charge is 0.307 e. The van der Waals surface area contributed by atoms with Gasteiger partial charge in [-0.05, 0) is 25.1 Å². The Morgan fingerprint density at radius 1 is 1.35 bits per heavy atom. The van der Waals surface area contributed by atoms with Gasteiger partial charge in [0.25, 0.3) is 0 Å². The zero-order valence-electron chi connectivity index (χ0n) is 11.4. The Bertz CT molecular complexity index is 467. The number of hydrogen-bond donors (Lipinski definition) is 1. The SMILES string of the molecule is CN(C(=O)CN1CCC(C(=O)O)C1)c1ccccc1.Cl. The monoisotopic (exact) mass is 298 g/mol. The molecule has 0 saturated carbocycles. The molecule has 0 bridgehead atoms. The number of likely N-dealkylation sites (N-methyl/N-ethyl adjacent to an activating group) is 1. The molecule has 20 heavy (non-hydrogen) atoms. The minimum Gasteiger partial charge on any atom is -0.481 e. The van der Waals surface area contributed by atoms with Crippen molar-refractivity contribution in [1.82, 2.24) is 4.90 Å². The molecule has 0 aliphatic carbocycles. The predicted octanol–water partition coefficient (Wildman–Crippen LogP) is 1.48. The molecule has 5 nitrogen and oxygen atoms in total. The number of para-hydroxylation sites is 1. The van der Waals surface area contributed by atoms with Crippen LogP contribution in [0.15, 0.2) is 30.3 Å². The van der Waals surface area contributed by atoms with Crippen molar-refractivity contribution in [2.75, 3.05) is 31.6 Å². The minimum absolute atomic E-state index is 0. The van der Waals surface area contributed by atoms with Gasteiger partial charge in [0.2, 0.25) is 5.91 Å². The number of rotatable bonds is 4. The molecule has 1 N–H and O–H groups in total. The molecular formula is C14H19ClN2O3. The van der Waals surface area contributed by atoms with Crippen molar-refractivity contribution in [3.05, 3.63) is 30.3 Å². The molecule has 1 aliphatic heterocycles. The predicted molar refractivity (Wildman–Crippen MR) is 79.3 cm³/mol. The first-order chi connectivity index (χ1) is 9.08. The normalized spacial score (nSPS) is 18.4. The summed E-state index contributed by atoms with van der Waals surface area (Å²) in [4.78, 5) is 26.5. The van der Waals surface area contributed by atoms with E-state index in [0.717, 1.165) is 5.69 Å². The van der Waals surface area contributed by atoms with E-state index >= 15 is 0 Å². The first-order valence-corrected chi connectivity index (χ1v) is 6.34. The van der Waals surface area contributed by atoms with E-state index < -0.39 is 5.97 Å². The summed E-state index contributed by atoms with van der Waals surface area (Å²) in [5.74, 6) is -1.13. The van der Waals surface area contributed by atoms with Crippen LogP contribution in [0, 0.1) is 5.92 Å². The van der Waals surface area contributed by atoms with Gasteiger partial charge in [-0.15, -0.1) is 12.4 Å². The van der Waals surface area contributed by atoms with Gasteiger partial charge in [-0.2, -0.15) is 0 Å². The van der Waals surface area contributed by atoms with E-state index in [1.807, 2.05) is 35.2 Å². The lowest BCUT2D eigenvalue weighted by Gasteiger charge is -2.21. The Morgan fingerprint density at radius 3 is 2.55 bits per heavy atom. The van der Waals surface area contributed by atoms with Crippen LogP contribution in [-0.4, -0.2) is 48.6 Å². The highest BCUT2D eigenvalue weighted by molar-refractivity contribution is 5.94. The third-order valence-corrected chi connectivity index (χ3v) is 3.50. The molecule has 1 heterocycles.